The Morgan fingerprint density at radius 3 is 2.35 bits per heavy atom. The summed E-state index contributed by atoms with van der Waals surface area (Å²) >= 11 is 0. The average Bonchev–Trinajstić information content (AvgIpc) is 2.35. The average molecular weight is 282 g/mol. The molecule has 0 aliphatic carbocycles. The molecular formula is C15H22O5. The Kier molecular flexibility index (Phi) is 4.78. The lowest BCUT2D eigenvalue weighted by atomic mass is 9.88. The Hall–Kier alpha value is -1.59. The van der Waals surface area contributed by atoms with Crippen LogP contribution in [0.4, 0.5) is 0 Å². The van der Waals surface area contributed by atoms with E-state index in [1.807, 2.05) is 0 Å². The number of benzene rings is 1. The van der Waals surface area contributed by atoms with Gasteiger partial charge in [0.1, 0.15) is 11.4 Å². The lowest BCUT2D eigenvalue weighted by Gasteiger charge is -2.32. The van der Waals surface area contributed by atoms with Crippen LogP contribution in [0.3, 0.4) is 0 Å². The van der Waals surface area contributed by atoms with Crippen molar-refractivity contribution in [2.75, 3.05) is 7.11 Å². The molecule has 0 aliphatic rings. The Morgan fingerprint density at radius 2 is 1.90 bits per heavy atom. The van der Waals surface area contributed by atoms with E-state index in [1.165, 1.54) is 20.1 Å². The first-order valence-corrected chi connectivity index (χ1v) is 6.39. The van der Waals surface area contributed by atoms with Crippen LogP contribution in [0.15, 0.2) is 24.3 Å². The fraction of sp³-hybridized carbons (Fsp3) is 0.533. The van der Waals surface area contributed by atoms with E-state index < -0.39 is 23.3 Å². The number of rotatable bonds is 4. The fourth-order valence-electron chi connectivity index (χ4n) is 1.75. The van der Waals surface area contributed by atoms with Gasteiger partial charge in [-0.05, 0) is 39.8 Å². The SMILES string of the molecule is COc1cccc([C@](O)(C(=O)OC(C)(C)C)[C@@H](C)O)c1. The zero-order valence-electron chi connectivity index (χ0n) is 12.5. The highest BCUT2D eigenvalue weighted by Crippen LogP contribution is 2.31. The maximum absolute atomic E-state index is 12.2. The van der Waals surface area contributed by atoms with Crippen LogP contribution in [0, 0.1) is 0 Å². The van der Waals surface area contributed by atoms with Crippen LogP contribution in [-0.2, 0) is 15.1 Å². The largest absolute Gasteiger partial charge is 0.497 e. The number of aliphatic hydroxyl groups excluding tert-OH is 1. The van der Waals surface area contributed by atoms with Gasteiger partial charge in [-0.2, -0.15) is 0 Å². The van der Waals surface area contributed by atoms with Crippen molar-refractivity contribution in [3.05, 3.63) is 29.8 Å². The number of hydrogen-bond acceptors (Lipinski definition) is 5. The summed E-state index contributed by atoms with van der Waals surface area (Å²) in [6.07, 6.45) is -1.33. The lowest BCUT2D eigenvalue weighted by molar-refractivity contribution is -0.190. The highest BCUT2D eigenvalue weighted by molar-refractivity contribution is 5.82. The molecule has 5 heteroatoms. The van der Waals surface area contributed by atoms with E-state index in [0.29, 0.717) is 5.75 Å². The summed E-state index contributed by atoms with van der Waals surface area (Å²) in [5, 5.41) is 20.5. The normalized spacial score (nSPS) is 16.1. The summed E-state index contributed by atoms with van der Waals surface area (Å²) < 4.78 is 10.3. The molecular weight excluding hydrogens is 260 g/mol. The third-order valence-corrected chi connectivity index (χ3v) is 2.82. The van der Waals surface area contributed by atoms with E-state index in [-0.39, 0.29) is 5.56 Å². The minimum Gasteiger partial charge on any atom is -0.497 e. The number of ether oxygens (including phenoxy) is 2. The monoisotopic (exact) mass is 282 g/mol. The van der Waals surface area contributed by atoms with Crippen LogP contribution in [-0.4, -0.2) is 35.0 Å². The molecule has 0 spiro atoms. The van der Waals surface area contributed by atoms with Crippen molar-refractivity contribution in [3.8, 4) is 5.75 Å². The number of methoxy groups -OCH3 is 1. The lowest BCUT2D eigenvalue weighted by Crippen LogP contribution is -2.48. The molecule has 1 rings (SSSR count). The molecule has 1 aromatic carbocycles. The zero-order valence-corrected chi connectivity index (χ0v) is 12.5. The van der Waals surface area contributed by atoms with Crippen LogP contribution in [0.1, 0.15) is 33.3 Å². The molecule has 0 unspecified atom stereocenters. The zero-order chi connectivity index (χ0) is 15.6. The molecule has 112 valence electrons. The number of aliphatic hydroxyl groups is 2. The molecule has 0 fully saturated rings. The standard InChI is InChI=1S/C15H22O5/c1-10(16)15(18,13(17)20-14(2,3)4)11-7-6-8-12(9-11)19-5/h6-10,16,18H,1-5H3/t10-,15+/m1/s1. The number of esters is 1. The molecule has 0 radical (unpaired) electrons. The van der Waals surface area contributed by atoms with Gasteiger partial charge in [-0.1, -0.05) is 12.1 Å². The Labute approximate surface area is 119 Å². The minimum atomic E-state index is -2.14. The summed E-state index contributed by atoms with van der Waals surface area (Å²) in [5.74, 6) is -0.418. The first kappa shape index (κ1) is 16.5. The van der Waals surface area contributed by atoms with Gasteiger partial charge in [-0.3, -0.25) is 0 Å². The molecule has 0 saturated carbocycles. The molecule has 0 amide bonds. The summed E-state index contributed by atoms with van der Waals surface area (Å²) in [6, 6.07) is 6.35. The molecule has 0 aliphatic heterocycles. The predicted molar refractivity (Wildman–Crippen MR) is 74.4 cm³/mol. The quantitative estimate of drug-likeness (QED) is 0.820. The molecule has 0 aromatic heterocycles. The van der Waals surface area contributed by atoms with Crippen LogP contribution >= 0.6 is 0 Å². The van der Waals surface area contributed by atoms with E-state index in [4.69, 9.17) is 9.47 Å². The van der Waals surface area contributed by atoms with E-state index in [1.54, 1.807) is 39.0 Å². The fourth-order valence-corrected chi connectivity index (χ4v) is 1.75. The van der Waals surface area contributed by atoms with Gasteiger partial charge in [-0.25, -0.2) is 4.79 Å². The Bertz CT molecular complexity index is 475. The second kappa shape index (κ2) is 5.81. The molecule has 0 bridgehead atoms. The maximum atomic E-state index is 12.2. The van der Waals surface area contributed by atoms with Crippen LogP contribution in [0.5, 0.6) is 5.75 Å². The van der Waals surface area contributed by atoms with E-state index in [2.05, 4.69) is 0 Å². The van der Waals surface area contributed by atoms with Crippen molar-refractivity contribution in [2.24, 2.45) is 0 Å². The summed E-state index contributed by atoms with van der Waals surface area (Å²) in [7, 11) is 1.48. The van der Waals surface area contributed by atoms with Crippen molar-refractivity contribution in [3.63, 3.8) is 0 Å². The van der Waals surface area contributed by atoms with Gasteiger partial charge in [0, 0.05) is 5.56 Å². The van der Waals surface area contributed by atoms with Crippen molar-refractivity contribution < 1.29 is 24.5 Å². The smallest absolute Gasteiger partial charge is 0.346 e. The van der Waals surface area contributed by atoms with Crippen molar-refractivity contribution >= 4 is 5.97 Å². The van der Waals surface area contributed by atoms with E-state index >= 15 is 0 Å². The van der Waals surface area contributed by atoms with Crippen molar-refractivity contribution in [1.82, 2.24) is 0 Å². The molecule has 5 nitrogen and oxygen atoms in total. The topological polar surface area (TPSA) is 76.0 Å². The Balaban J connectivity index is 3.23. The molecule has 20 heavy (non-hydrogen) atoms. The third-order valence-electron chi connectivity index (χ3n) is 2.82. The highest BCUT2D eigenvalue weighted by Gasteiger charge is 2.46. The Morgan fingerprint density at radius 1 is 1.30 bits per heavy atom. The van der Waals surface area contributed by atoms with Crippen LogP contribution in [0.2, 0.25) is 0 Å². The van der Waals surface area contributed by atoms with Crippen molar-refractivity contribution in [1.29, 1.82) is 0 Å². The first-order valence-electron chi connectivity index (χ1n) is 6.39. The van der Waals surface area contributed by atoms with Gasteiger partial charge < -0.3 is 19.7 Å². The molecule has 2 atom stereocenters. The maximum Gasteiger partial charge on any atom is 0.346 e. The van der Waals surface area contributed by atoms with Gasteiger partial charge in [0.15, 0.2) is 0 Å². The van der Waals surface area contributed by atoms with Gasteiger partial charge in [-0.15, -0.1) is 0 Å². The van der Waals surface area contributed by atoms with E-state index in [9.17, 15) is 15.0 Å². The summed E-state index contributed by atoms with van der Waals surface area (Å²) in [5.41, 5.74) is -2.68. The molecule has 0 saturated heterocycles. The molecule has 2 N–H and O–H groups in total. The second-order valence-corrected chi connectivity index (χ2v) is 5.68. The van der Waals surface area contributed by atoms with Crippen LogP contribution < -0.4 is 4.74 Å². The predicted octanol–water partition coefficient (Wildman–Crippen LogP) is 1.61. The second-order valence-electron chi connectivity index (χ2n) is 5.68. The molecule has 0 heterocycles. The third kappa shape index (κ3) is 3.49. The number of hydrogen-bond donors (Lipinski definition) is 2. The van der Waals surface area contributed by atoms with Gasteiger partial charge in [0.25, 0.3) is 0 Å². The highest BCUT2D eigenvalue weighted by atomic mass is 16.6. The summed E-state index contributed by atoms with van der Waals surface area (Å²) in [6.45, 7) is 6.42. The van der Waals surface area contributed by atoms with E-state index in [0.717, 1.165) is 0 Å². The minimum absolute atomic E-state index is 0.223. The molecule has 1 aromatic rings. The number of carbonyl (C=O) groups is 1. The van der Waals surface area contributed by atoms with Gasteiger partial charge in [0.05, 0.1) is 13.2 Å². The van der Waals surface area contributed by atoms with Gasteiger partial charge in [0.2, 0.25) is 5.60 Å². The number of carbonyl (C=O) groups excluding carboxylic acids is 1. The van der Waals surface area contributed by atoms with Gasteiger partial charge >= 0.3 is 5.97 Å². The van der Waals surface area contributed by atoms with Crippen LogP contribution in [0.25, 0.3) is 0 Å². The van der Waals surface area contributed by atoms with Crippen molar-refractivity contribution in [2.45, 2.75) is 45.0 Å². The summed E-state index contributed by atoms with van der Waals surface area (Å²) in [4.78, 5) is 12.2. The first-order chi connectivity index (χ1) is 9.11.